The molecule has 0 atom stereocenters. The summed E-state index contributed by atoms with van der Waals surface area (Å²) in [7, 11) is 0. The lowest BCUT2D eigenvalue weighted by molar-refractivity contribution is 0.495. The van der Waals surface area contributed by atoms with Gasteiger partial charge in [-0.25, -0.2) is 13.2 Å². The molecule has 0 saturated heterocycles. The van der Waals surface area contributed by atoms with Gasteiger partial charge in [0.1, 0.15) is 5.82 Å². The lowest BCUT2D eigenvalue weighted by Crippen LogP contribution is -1.83. The van der Waals surface area contributed by atoms with Gasteiger partial charge < -0.3 is 0 Å². The third-order valence-electron chi connectivity index (χ3n) is 2.64. The molecule has 20 heavy (non-hydrogen) atoms. The van der Waals surface area contributed by atoms with E-state index in [9.17, 15) is 13.2 Å². The van der Waals surface area contributed by atoms with E-state index < -0.39 is 17.5 Å². The molecule has 0 heterocycles. The van der Waals surface area contributed by atoms with Gasteiger partial charge in [0.15, 0.2) is 11.6 Å². The zero-order valence-electron chi connectivity index (χ0n) is 11.4. The van der Waals surface area contributed by atoms with Crippen LogP contribution in [0.4, 0.5) is 13.2 Å². The first-order valence-corrected chi connectivity index (χ1v) is 6.38. The molecule has 0 spiro atoms. The Kier molecular flexibility index (Phi) is 6.57. The summed E-state index contributed by atoms with van der Waals surface area (Å²) >= 11 is 0. The molecule has 2 aromatic carbocycles. The molecule has 0 aliphatic rings. The Morgan fingerprint density at radius 3 is 2.05 bits per heavy atom. The first-order valence-electron chi connectivity index (χ1n) is 6.38. The van der Waals surface area contributed by atoms with E-state index in [0.29, 0.717) is 6.07 Å². The Bertz CT molecular complexity index is 545. The highest BCUT2D eigenvalue weighted by Crippen LogP contribution is 2.07. The zero-order chi connectivity index (χ0) is 15.0. The van der Waals surface area contributed by atoms with E-state index in [0.717, 1.165) is 12.1 Å². The molecule has 0 amide bonds. The van der Waals surface area contributed by atoms with Crippen LogP contribution in [0.5, 0.6) is 0 Å². The van der Waals surface area contributed by atoms with Crippen LogP contribution in [0, 0.1) is 17.5 Å². The lowest BCUT2D eigenvalue weighted by Gasteiger charge is -1.97. The maximum absolute atomic E-state index is 12.0. The number of rotatable bonds is 3. The molecule has 2 aromatic rings. The van der Waals surface area contributed by atoms with E-state index in [4.69, 9.17) is 0 Å². The standard InChI is InChI=1S/C11H14.C6H3F3/c1-3-5-11-8-6-10(4-2)7-9-11;7-4-1-2-5(8)6(9)3-4/h4,6-9H,2-3,5H2,1H3;1-3H. The van der Waals surface area contributed by atoms with Crippen LogP contribution >= 0.6 is 0 Å². The highest BCUT2D eigenvalue weighted by Gasteiger charge is 1.99. The van der Waals surface area contributed by atoms with E-state index in [1.807, 2.05) is 6.08 Å². The van der Waals surface area contributed by atoms with Crippen molar-refractivity contribution in [2.75, 3.05) is 0 Å². The van der Waals surface area contributed by atoms with E-state index in [2.05, 4.69) is 37.8 Å². The van der Waals surface area contributed by atoms with Crippen LogP contribution in [0.1, 0.15) is 24.5 Å². The fourth-order valence-corrected chi connectivity index (χ4v) is 1.58. The van der Waals surface area contributed by atoms with Crippen LogP contribution < -0.4 is 0 Å². The molecule has 0 aromatic heterocycles. The van der Waals surface area contributed by atoms with Crippen molar-refractivity contribution in [3.8, 4) is 0 Å². The molecule has 0 bridgehead atoms. The van der Waals surface area contributed by atoms with Crippen molar-refractivity contribution in [3.63, 3.8) is 0 Å². The highest BCUT2D eigenvalue weighted by molar-refractivity contribution is 5.47. The monoisotopic (exact) mass is 278 g/mol. The molecular formula is C17H17F3. The summed E-state index contributed by atoms with van der Waals surface area (Å²) in [5.74, 6) is -2.96. The SMILES string of the molecule is C=Cc1ccc(CCC)cc1.Fc1ccc(F)c(F)c1. The predicted octanol–water partition coefficient (Wildman–Crippen LogP) is 5.39. The summed E-state index contributed by atoms with van der Waals surface area (Å²) in [6.07, 6.45) is 4.26. The minimum Gasteiger partial charge on any atom is -0.207 e. The average Bonchev–Trinajstić information content (AvgIpc) is 2.45. The van der Waals surface area contributed by atoms with Crippen LogP contribution in [0.2, 0.25) is 0 Å². The van der Waals surface area contributed by atoms with Gasteiger partial charge >= 0.3 is 0 Å². The summed E-state index contributed by atoms with van der Waals surface area (Å²) < 4.78 is 35.9. The average molecular weight is 278 g/mol. The maximum atomic E-state index is 12.0. The predicted molar refractivity (Wildman–Crippen MR) is 76.8 cm³/mol. The van der Waals surface area contributed by atoms with E-state index >= 15 is 0 Å². The van der Waals surface area contributed by atoms with Gasteiger partial charge in [0.2, 0.25) is 0 Å². The second kappa shape index (κ2) is 8.20. The van der Waals surface area contributed by atoms with Gasteiger partial charge in [0, 0.05) is 6.07 Å². The number of aryl methyl sites for hydroxylation is 1. The van der Waals surface area contributed by atoms with Crippen molar-refractivity contribution in [2.45, 2.75) is 19.8 Å². The van der Waals surface area contributed by atoms with Crippen molar-refractivity contribution in [1.82, 2.24) is 0 Å². The van der Waals surface area contributed by atoms with Gasteiger partial charge in [-0.1, -0.05) is 50.3 Å². The second-order valence-corrected chi connectivity index (χ2v) is 4.25. The van der Waals surface area contributed by atoms with Crippen molar-refractivity contribution in [1.29, 1.82) is 0 Å². The van der Waals surface area contributed by atoms with Gasteiger partial charge in [-0.05, 0) is 29.7 Å². The largest absolute Gasteiger partial charge is 0.207 e. The highest BCUT2D eigenvalue weighted by atomic mass is 19.2. The molecule has 0 saturated carbocycles. The molecule has 0 nitrogen and oxygen atoms in total. The van der Waals surface area contributed by atoms with Crippen LogP contribution in [-0.2, 0) is 6.42 Å². The van der Waals surface area contributed by atoms with Gasteiger partial charge in [-0.2, -0.15) is 0 Å². The number of hydrogen-bond donors (Lipinski definition) is 0. The third-order valence-corrected chi connectivity index (χ3v) is 2.64. The first kappa shape index (κ1) is 16.0. The minimum absolute atomic E-state index is 0.495. The van der Waals surface area contributed by atoms with Crippen molar-refractivity contribution >= 4 is 6.08 Å². The summed E-state index contributed by atoms with van der Waals surface area (Å²) in [5.41, 5.74) is 2.61. The Hall–Kier alpha value is -2.03. The minimum atomic E-state index is -1.16. The number of halogens is 3. The molecule has 2 rings (SSSR count). The van der Waals surface area contributed by atoms with Crippen LogP contribution in [0.3, 0.4) is 0 Å². The maximum Gasteiger partial charge on any atom is 0.161 e. The molecule has 0 radical (unpaired) electrons. The summed E-state index contributed by atoms with van der Waals surface area (Å²) in [6, 6.07) is 10.6. The topological polar surface area (TPSA) is 0 Å². The molecule has 106 valence electrons. The first-order chi connectivity index (χ1) is 9.56. The quantitative estimate of drug-likeness (QED) is 0.661. The van der Waals surface area contributed by atoms with Crippen LogP contribution in [0.15, 0.2) is 49.0 Å². The molecule has 3 heteroatoms. The zero-order valence-corrected chi connectivity index (χ0v) is 11.4. The van der Waals surface area contributed by atoms with Gasteiger partial charge in [0.25, 0.3) is 0 Å². The number of hydrogen-bond acceptors (Lipinski definition) is 0. The Balaban J connectivity index is 0.000000204. The van der Waals surface area contributed by atoms with E-state index in [1.165, 1.54) is 24.0 Å². The smallest absolute Gasteiger partial charge is 0.161 e. The summed E-state index contributed by atoms with van der Waals surface area (Å²) in [6.45, 7) is 5.90. The van der Waals surface area contributed by atoms with Crippen LogP contribution in [-0.4, -0.2) is 0 Å². The fraction of sp³-hybridized carbons (Fsp3) is 0.176. The van der Waals surface area contributed by atoms with Crippen LogP contribution in [0.25, 0.3) is 6.08 Å². The molecule has 0 aliphatic heterocycles. The molecule has 0 aliphatic carbocycles. The van der Waals surface area contributed by atoms with E-state index in [-0.39, 0.29) is 0 Å². The van der Waals surface area contributed by atoms with Crippen molar-refractivity contribution in [3.05, 3.63) is 77.6 Å². The summed E-state index contributed by atoms with van der Waals surface area (Å²) in [4.78, 5) is 0. The van der Waals surface area contributed by atoms with Gasteiger partial charge in [0.05, 0.1) is 0 Å². The Labute approximate surface area is 117 Å². The number of benzene rings is 2. The van der Waals surface area contributed by atoms with Gasteiger partial charge in [-0.15, -0.1) is 0 Å². The molecule has 0 fully saturated rings. The van der Waals surface area contributed by atoms with E-state index in [1.54, 1.807) is 0 Å². The van der Waals surface area contributed by atoms with Crippen molar-refractivity contribution < 1.29 is 13.2 Å². The normalized spacial score (nSPS) is 9.60. The van der Waals surface area contributed by atoms with Gasteiger partial charge in [-0.3, -0.25) is 0 Å². The second-order valence-electron chi connectivity index (χ2n) is 4.25. The molecular weight excluding hydrogens is 261 g/mol. The third kappa shape index (κ3) is 5.31. The van der Waals surface area contributed by atoms with Crippen molar-refractivity contribution in [2.24, 2.45) is 0 Å². The molecule has 0 unspecified atom stereocenters. The lowest BCUT2D eigenvalue weighted by atomic mass is 10.1. The summed E-state index contributed by atoms with van der Waals surface area (Å²) in [5, 5.41) is 0. The Morgan fingerprint density at radius 1 is 0.950 bits per heavy atom. The molecule has 0 N–H and O–H groups in total. The Morgan fingerprint density at radius 2 is 1.60 bits per heavy atom. The fourth-order valence-electron chi connectivity index (χ4n) is 1.58.